The summed E-state index contributed by atoms with van der Waals surface area (Å²) in [5.41, 5.74) is 0. The molecule has 0 saturated carbocycles. The molecule has 0 aliphatic rings. The largest absolute Gasteiger partial charge is 0.376 e. The first-order valence-electron chi connectivity index (χ1n) is 3.13. The summed E-state index contributed by atoms with van der Waals surface area (Å²) in [5, 5.41) is 6.88. The lowest BCUT2D eigenvalue weighted by atomic mass is 10.1. The molecule has 0 amide bonds. The second kappa shape index (κ2) is 4.30. The summed E-state index contributed by atoms with van der Waals surface area (Å²) in [6, 6.07) is 0. The first-order chi connectivity index (χ1) is 4.18. The fourth-order valence-corrected chi connectivity index (χ4v) is 0.243. The van der Waals surface area contributed by atoms with Gasteiger partial charge in [0.05, 0.1) is 7.05 Å². The maximum absolute atomic E-state index is 4.91. The van der Waals surface area contributed by atoms with E-state index in [-0.39, 0.29) is 6.10 Å². The lowest BCUT2D eigenvalue weighted by molar-refractivity contribution is 0.0261. The third-order valence-corrected chi connectivity index (χ3v) is 1.23. The van der Waals surface area contributed by atoms with Gasteiger partial charge in [-0.05, 0) is 12.8 Å². The highest BCUT2D eigenvalue weighted by atomic mass is 16.6. The van der Waals surface area contributed by atoms with E-state index in [9.17, 15) is 0 Å². The van der Waals surface area contributed by atoms with Gasteiger partial charge in [-0.1, -0.05) is 13.8 Å². The van der Waals surface area contributed by atoms with Gasteiger partial charge in [0.25, 0.3) is 0 Å². The van der Waals surface area contributed by atoms with Crippen molar-refractivity contribution in [3.63, 3.8) is 0 Å². The van der Waals surface area contributed by atoms with E-state index in [1.165, 1.54) is 0 Å². The summed E-state index contributed by atoms with van der Waals surface area (Å²) >= 11 is 0. The highest BCUT2D eigenvalue weighted by molar-refractivity contribution is 4.51. The Morgan fingerprint density at radius 2 is 1.78 bits per heavy atom. The van der Waals surface area contributed by atoms with Gasteiger partial charge < -0.3 is 4.84 Å². The molecule has 0 radical (unpaired) electrons. The van der Waals surface area contributed by atoms with Crippen molar-refractivity contribution in [1.29, 1.82) is 0 Å². The number of rotatable bonds is 3. The Labute approximate surface area is 56.1 Å². The van der Waals surface area contributed by atoms with Crippen LogP contribution in [0.4, 0.5) is 0 Å². The summed E-state index contributed by atoms with van der Waals surface area (Å²) in [4.78, 5) is 4.91. The van der Waals surface area contributed by atoms with Gasteiger partial charge in [-0.3, -0.25) is 0 Å². The third-order valence-electron chi connectivity index (χ3n) is 1.23. The van der Waals surface area contributed by atoms with Gasteiger partial charge >= 0.3 is 0 Å². The molecule has 0 rings (SSSR count). The smallest absolute Gasteiger partial charge is 0.128 e. The molecule has 54 valence electrons. The van der Waals surface area contributed by atoms with Crippen LogP contribution in [0.2, 0.25) is 0 Å². The average Bonchev–Trinajstić information content (AvgIpc) is 1.82. The van der Waals surface area contributed by atoms with Crippen molar-refractivity contribution in [2.75, 3.05) is 7.05 Å². The predicted octanol–water partition coefficient (Wildman–Crippen LogP) is 2.04. The van der Waals surface area contributed by atoms with Gasteiger partial charge in [-0.2, -0.15) is 5.11 Å². The highest BCUT2D eigenvalue weighted by Gasteiger charge is 2.05. The monoisotopic (exact) mass is 130 g/mol. The Balaban J connectivity index is 3.38. The van der Waals surface area contributed by atoms with E-state index >= 15 is 0 Å². The van der Waals surface area contributed by atoms with E-state index in [0.717, 1.165) is 0 Å². The van der Waals surface area contributed by atoms with Crippen molar-refractivity contribution in [1.82, 2.24) is 0 Å². The number of hydrogen-bond acceptors (Lipinski definition) is 3. The van der Waals surface area contributed by atoms with Crippen molar-refractivity contribution < 1.29 is 4.84 Å². The van der Waals surface area contributed by atoms with Gasteiger partial charge in [0.1, 0.15) is 6.10 Å². The summed E-state index contributed by atoms with van der Waals surface area (Å²) in [6.45, 7) is 6.13. The Hall–Kier alpha value is -0.600. The number of nitrogens with zero attached hydrogens (tertiary/aromatic N) is 2. The molecule has 0 aliphatic heterocycles. The van der Waals surface area contributed by atoms with Crippen LogP contribution >= 0.6 is 0 Å². The maximum Gasteiger partial charge on any atom is 0.128 e. The highest BCUT2D eigenvalue weighted by Crippen LogP contribution is 2.04. The van der Waals surface area contributed by atoms with Gasteiger partial charge in [-0.25, -0.2) is 0 Å². The molecule has 0 saturated heterocycles. The fraction of sp³-hybridized carbons (Fsp3) is 1.00. The molecule has 0 aromatic heterocycles. The Morgan fingerprint density at radius 1 is 1.22 bits per heavy atom. The Bertz CT molecular complexity index is 91.1. The van der Waals surface area contributed by atoms with Crippen molar-refractivity contribution in [2.45, 2.75) is 26.9 Å². The molecule has 1 unspecified atom stereocenters. The van der Waals surface area contributed by atoms with Crippen LogP contribution in [0.5, 0.6) is 0 Å². The normalized spacial score (nSPS) is 14.8. The zero-order chi connectivity index (χ0) is 7.28. The second-order valence-electron chi connectivity index (χ2n) is 2.34. The third kappa shape index (κ3) is 3.94. The lowest BCUT2D eigenvalue weighted by Gasteiger charge is -2.10. The number of hydrogen-bond donors (Lipinski definition) is 0. The minimum absolute atomic E-state index is 0.161. The molecular weight excluding hydrogens is 116 g/mol. The summed E-state index contributed by atoms with van der Waals surface area (Å²) in [7, 11) is 1.59. The molecule has 0 bridgehead atoms. The van der Waals surface area contributed by atoms with E-state index in [1.807, 2.05) is 6.92 Å². The zero-order valence-electron chi connectivity index (χ0n) is 6.46. The molecular formula is C6H14N2O. The van der Waals surface area contributed by atoms with Crippen LogP contribution in [0.25, 0.3) is 0 Å². The standard InChI is InChI=1S/C6H14N2O/c1-5(2)6(3)9-8-7-4/h5-6H,1-4H3. The topological polar surface area (TPSA) is 34.0 Å². The Morgan fingerprint density at radius 3 is 2.11 bits per heavy atom. The van der Waals surface area contributed by atoms with E-state index in [0.29, 0.717) is 5.92 Å². The van der Waals surface area contributed by atoms with Crippen LogP contribution in [0.1, 0.15) is 20.8 Å². The zero-order valence-corrected chi connectivity index (χ0v) is 6.46. The summed E-state index contributed by atoms with van der Waals surface area (Å²) in [5.74, 6) is 0.496. The van der Waals surface area contributed by atoms with Crippen LogP contribution in [-0.4, -0.2) is 13.2 Å². The van der Waals surface area contributed by atoms with Crippen molar-refractivity contribution in [3.8, 4) is 0 Å². The van der Waals surface area contributed by atoms with Gasteiger partial charge in [0.15, 0.2) is 0 Å². The van der Waals surface area contributed by atoms with Gasteiger partial charge in [0, 0.05) is 5.28 Å². The molecule has 0 aromatic rings. The quantitative estimate of drug-likeness (QED) is 0.425. The summed E-state index contributed by atoms with van der Waals surface area (Å²) in [6.07, 6.45) is 0.161. The summed E-state index contributed by atoms with van der Waals surface area (Å²) < 4.78 is 0. The molecule has 3 nitrogen and oxygen atoms in total. The Kier molecular flexibility index (Phi) is 4.01. The molecule has 1 atom stereocenters. The maximum atomic E-state index is 4.91. The average molecular weight is 130 g/mol. The minimum Gasteiger partial charge on any atom is -0.376 e. The van der Waals surface area contributed by atoms with Crippen LogP contribution in [0.15, 0.2) is 10.4 Å². The predicted molar refractivity (Wildman–Crippen MR) is 36.2 cm³/mol. The van der Waals surface area contributed by atoms with Crippen LogP contribution in [0.3, 0.4) is 0 Å². The van der Waals surface area contributed by atoms with E-state index in [1.54, 1.807) is 7.05 Å². The molecule has 0 heterocycles. The fourth-order valence-electron chi connectivity index (χ4n) is 0.243. The van der Waals surface area contributed by atoms with Crippen LogP contribution in [0, 0.1) is 5.92 Å². The minimum atomic E-state index is 0.161. The molecule has 0 spiro atoms. The van der Waals surface area contributed by atoms with Crippen molar-refractivity contribution in [3.05, 3.63) is 0 Å². The molecule has 0 aromatic carbocycles. The first kappa shape index (κ1) is 8.40. The van der Waals surface area contributed by atoms with E-state index < -0.39 is 0 Å². The van der Waals surface area contributed by atoms with Crippen molar-refractivity contribution in [2.24, 2.45) is 16.3 Å². The van der Waals surface area contributed by atoms with Crippen LogP contribution < -0.4 is 0 Å². The van der Waals surface area contributed by atoms with E-state index in [2.05, 4.69) is 24.2 Å². The molecule has 0 fully saturated rings. The second-order valence-corrected chi connectivity index (χ2v) is 2.34. The molecule has 0 N–H and O–H groups in total. The van der Waals surface area contributed by atoms with Gasteiger partial charge in [-0.15, -0.1) is 0 Å². The van der Waals surface area contributed by atoms with Crippen LogP contribution in [-0.2, 0) is 4.84 Å². The molecule has 3 heteroatoms. The van der Waals surface area contributed by atoms with Crippen molar-refractivity contribution >= 4 is 0 Å². The molecule has 0 aliphatic carbocycles. The lowest BCUT2D eigenvalue weighted by Crippen LogP contribution is -2.11. The first-order valence-corrected chi connectivity index (χ1v) is 3.13. The van der Waals surface area contributed by atoms with Gasteiger partial charge in [0.2, 0.25) is 0 Å². The molecule has 9 heavy (non-hydrogen) atoms. The van der Waals surface area contributed by atoms with E-state index in [4.69, 9.17) is 4.84 Å². The SMILES string of the molecule is CN=NOC(C)C(C)C.